The minimum atomic E-state index is -0.687. The van der Waals surface area contributed by atoms with Crippen LogP contribution in [0.15, 0.2) is 36.0 Å². The van der Waals surface area contributed by atoms with Gasteiger partial charge >= 0.3 is 5.97 Å². The molecule has 2 amide bonds. The van der Waals surface area contributed by atoms with Crippen molar-refractivity contribution in [2.75, 3.05) is 11.1 Å². The molecule has 208 valence electrons. The van der Waals surface area contributed by atoms with Gasteiger partial charge in [0, 0.05) is 6.54 Å². The molecule has 3 rings (SSSR count). The molecule has 0 saturated heterocycles. The third-order valence-electron chi connectivity index (χ3n) is 5.78. The van der Waals surface area contributed by atoms with E-state index >= 15 is 0 Å². The zero-order valence-electron chi connectivity index (χ0n) is 22.9. The number of aryl methyl sites for hydroxylation is 1. The summed E-state index contributed by atoms with van der Waals surface area (Å²) in [7, 11) is 0. The first-order valence-electron chi connectivity index (χ1n) is 12.3. The Balaban J connectivity index is 1.77. The fourth-order valence-electron chi connectivity index (χ4n) is 3.75. The van der Waals surface area contributed by atoms with Crippen molar-refractivity contribution in [1.29, 1.82) is 0 Å². The molecule has 0 bridgehead atoms. The van der Waals surface area contributed by atoms with E-state index in [-0.39, 0.29) is 27.3 Å². The Morgan fingerprint density at radius 2 is 1.90 bits per heavy atom. The van der Waals surface area contributed by atoms with Gasteiger partial charge in [-0.25, -0.2) is 4.79 Å². The largest absolute Gasteiger partial charge is 0.482 e. The maximum Gasteiger partial charge on any atom is 0.341 e. The highest BCUT2D eigenvalue weighted by Gasteiger charge is 2.27. The fraction of sp³-hybridized carbons (Fsp3) is 0.370. The first-order chi connectivity index (χ1) is 18.4. The number of nitrogens with two attached hydrogens (primary N) is 1. The van der Waals surface area contributed by atoms with Gasteiger partial charge in [0.05, 0.1) is 22.3 Å². The molecule has 3 N–H and O–H groups in total. The predicted octanol–water partition coefficient (Wildman–Crippen LogP) is 4.99. The molecule has 1 atom stereocenters. The summed E-state index contributed by atoms with van der Waals surface area (Å²) in [5.41, 5.74) is 8.13. The molecule has 3 aromatic rings. The van der Waals surface area contributed by atoms with Gasteiger partial charge in [-0.3, -0.25) is 14.2 Å². The van der Waals surface area contributed by atoms with E-state index in [9.17, 15) is 14.4 Å². The van der Waals surface area contributed by atoms with E-state index in [1.165, 1.54) is 11.8 Å². The van der Waals surface area contributed by atoms with Gasteiger partial charge in [0.25, 0.3) is 5.91 Å². The van der Waals surface area contributed by atoms with Crippen LogP contribution in [0, 0.1) is 20.8 Å². The molecular weight excluding hydrogens is 538 g/mol. The molecule has 0 spiro atoms. The van der Waals surface area contributed by atoms with Crippen LogP contribution in [0.25, 0.3) is 0 Å². The van der Waals surface area contributed by atoms with Crippen LogP contribution in [0.2, 0.25) is 0 Å². The smallest absolute Gasteiger partial charge is 0.341 e. The fourth-order valence-corrected chi connectivity index (χ4v) is 5.57. The average molecular weight is 572 g/mol. The molecular formula is C27H33N5O5S2. The summed E-state index contributed by atoms with van der Waals surface area (Å²) in [6, 6.07) is 5.87. The molecule has 1 unspecified atom stereocenters. The minimum absolute atomic E-state index is 0.0248. The summed E-state index contributed by atoms with van der Waals surface area (Å²) in [5.74, 6) is -0.390. The van der Waals surface area contributed by atoms with Gasteiger partial charge < -0.3 is 20.5 Å². The summed E-state index contributed by atoms with van der Waals surface area (Å²) < 4.78 is 13.3. The lowest BCUT2D eigenvalue weighted by Crippen LogP contribution is -2.18. The van der Waals surface area contributed by atoms with Gasteiger partial charge in [-0.05, 0) is 64.3 Å². The number of thiophene rings is 1. The molecule has 0 fully saturated rings. The molecule has 12 heteroatoms. The number of nitrogens with zero attached hydrogens (tertiary/aromatic N) is 3. The standard InChI is InChI=1S/C27H33N5O5S2/c1-8-12-32-24(18(7)37-19-11-9-10-15(4)16(19)5)30-31-27(32)38-13-20(33)29-25-21(26(35)36-14(2)3)17(6)22(39-25)23(28)34/h8-11,14,18H,1,12-13H2,2-7H3,(H2,28,34)(H,29,33). The van der Waals surface area contributed by atoms with Crippen molar-refractivity contribution in [2.45, 2.75) is 65.5 Å². The predicted molar refractivity (Wildman–Crippen MR) is 153 cm³/mol. The highest BCUT2D eigenvalue weighted by molar-refractivity contribution is 7.99. The summed E-state index contributed by atoms with van der Waals surface area (Å²) >= 11 is 2.12. The Hall–Kier alpha value is -3.64. The maximum atomic E-state index is 12.9. The number of thioether (sulfide) groups is 1. The Kier molecular flexibility index (Phi) is 9.92. The maximum absolute atomic E-state index is 12.9. The van der Waals surface area contributed by atoms with Gasteiger partial charge in [-0.15, -0.1) is 28.1 Å². The molecule has 0 aliphatic rings. The number of esters is 1. The van der Waals surface area contributed by atoms with E-state index in [1.807, 2.05) is 43.5 Å². The Morgan fingerprint density at radius 3 is 2.54 bits per heavy atom. The number of rotatable bonds is 12. The van der Waals surface area contributed by atoms with E-state index in [1.54, 1.807) is 26.8 Å². The van der Waals surface area contributed by atoms with Gasteiger partial charge in [0.15, 0.2) is 17.1 Å². The number of benzene rings is 1. The number of primary amides is 1. The van der Waals surface area contributed by atoms with Crippen LogP contribution in [-0.4, -0.2) is 44.4 Å². The molecule has 0 aliphatic carbocycles. The summed E-state index contributed by atoms with van der Waals surface area (Å²) in [6.45, 7) is 15.2. The van der Waals surface area contributed by atoms with Crippen LogP contribution in [0.5, 0.6) is 5.75 Å². The van der Waals surface area contributed by atoms with Crippen molar-refractivity contribution in [3.63, 3.8) is 0 Å². The number of nitrogens with one attached hydrogen (secondary N) is 1. The summed E-state index contributed by atoms with van der Waals surface area (Å²) in [5, 5.41) is 12.0. The van der Waals surface area contributed by atoms with Crippen molar-refractivity contribution < 1.29 is 23.9 Å². The lowest BCUT2D eigenvalue weighted by atomic mass is 10.1. The summed E-state index contributed by atoms with van der Waals surface area (Å²) in [4.78, 5) is 37.6. The van der Waals surface area contributed by atoms with Crippen LogP contribution in [0.1, 0.15) is 69.4 Å². The van der Waals surface area contributed by atoms with Gasteiger partial charge in [0.2, 0.25) is 5.91 Å². The quantitative estimate of drug-likeness (QED) is 0.176. The molecule has 2 heterocycles. The minimum Gasteiger partial charge on any atom is -0.482 e. The third kappa shape index (κ3) is 7.07. The first-order valence-corrected chi connectivity index (χ1v) is 14.1. The lowest BCUT2D eigenvalue weighted by molar-refractivity contribution is -0.113. The second-order valence-electron chi connectivity index (χ2n) is 9.11. The topological polar surface area (TPSA) is 138 Å². The second-order valence-corrected chi connectivity index (χ2v) is 11.1. The molecule has 0 saturated carbocycles. The van der Waals surface area contributed by atoms with Crippen molar-refractivity contribution in [1.82, 2.24) is 14.8 Å². The monoisotopic (exact) mass is 571 g/mol. The van der Waals surface area contributed by atoms with E-state index in [2.05, 4.69) is 22.1 Å². The van der Waals surface area contributed by atoms with Crippen LogP contribution in [-0.2, 0) is 16.1 Å². The van der Waals surface area contributed by atoms with Crippen molar-refractivity contribution in [2.24, 2.45) is 5.73 Å². The van der Waals surface area contributed by atoms with Crippen molar-refractivity contribution in [3.8, 4) is 5.75 Å². The number of hydrogen-bond donors (Lipinski definition) is 2. The number of aromatic nitrogens is 3. The zero-order valence-corrected chi connectivity index (χ0v) is 24.5. The number of allylic oxidation sites excluding steroid dienone is 1. The van der Waals surface area contributed by atoms with Gasteiger partial charge in [-0.1, -0.05) is 30.0 Å². The second kappa shape index (κ2) is 12.9. The first kappa shape index (κ1) is 29.9. The Morgan fingerprint density at radius 1 is 1.18 bits per heavy atom. The highest BCUT2D eigenvalue weighted by Crippen LogP contribution is 2.34. The van der Waals surface area contributed by atoms with E-state index in [4.69, 9.17) is 15.2 Å². The van der Waals surface area contributed by atoms with E-state index < -0.39 is 23.9 Å². The van der Waals surface area contributed by atoms with E-state index in [0.717, 1.165) is 28.2 Å². The zero-order chi connectivity index (χ0) is 28.9. The molecule has 10 nitrogen and oxygen atoms in total. The van der Waals surface area contributed by atoms with Crippen molar-refractivity contribution >= 4 is 45.9 Å². The highest BCUT2D eigenvalue weighted by atomic mass is 32.2. The number of ether oxygens (including phenoxy) is 2. The number of amides is 2. The molecule has 39 heavy (non-hydrogen) atoms. The Bertz CT molecular complexity index is 1400. The van der Waals surface area contributed by atoms with Crippen LogP contribution in [0.4, 0.5) is 5.00 Å². The number of anilines is 1. The average Bonchev–Trinajstić information content (AvgIpc) is 3.41. The normalized spacial score (nSPS) is 11.8. The number of carbonyl (C=O) groups excluding carboxylic acids is 3. The number of carbonyl (C=O) groups is 3. The van der Waals surface area contributed by atoms with Crippen molar-refractivity contribution in [3.05, 3.63) is 63.8 Å². The number of hydrogen-bond acceptors (Lipinski definition) is 9. The molecule has 2 aromatic heterocycles. The van der Waals surface area contributed by atoms with Crippen LogP contribution >= 0.6 is 23.1 Å². The van der Waals surface area contributed by atoms with Crippen LogP contribution < -0.4 is 15.8 Å². The SMILES string of the molecule is C=CCn1c(SCC(=O)Nc2sc(C(N)=O)c(C)c2C(=O)OC(C)C)nnc1C(C)Oc1cccc(C)c1C. The third-order valence-corrected chi connectivity index (χ3v) is 7.97. The summed E-state index contributed by atoms with van der Waals surface area (Å²) in [6.07, 6.45) is 0.935. The molecule has 1 aromatic carbocycles. The van der Waals surface area contributed by atoms with Crippen LogP contribution in [0.3, 0.4) is 0 Å². The van der Waals surface area contributed by atoms with Gasteiger partial charge in [0.1, 0.15) is 10.8 Å². The molecule has 0 aliphatic heterocycles. The van der Waals surface area contributed by atoms with E-state index in [0.29, 0.717) is 23.1 Å². The lowest BCUT2D eigenvalue weighted by Gasteiger charge is -2.18. The molecule has 0 radical (unpaired) electrons. The Labute approximate surface area is 236 Å². The van der Waals surface area contributed by atoms with Gasteiger partial charge in [-0.2, -0.15) is 0 Å².